The van der Waals surface area contributed by atoms with Gasteiger partial charge in [-0.15, -0.1) is 0 Å². The largest absolute Gasteiger partial charge is 0.493 e. The fourth-order valence-electron chi connectivity index (χ4n) is 0.886. The summed E-state index contributed by atoms with van der Waals surface area (Å²) in [6.45, 7) is 0.410. The molecule has 0 fully saturated rings. The summed E-state index contributed by atoms with van der Waals surface area (Å²) in [6, 6.07) is 0. The van der Waals surface area contributed by atoms with E-state index in [1.54, 1.807) is 0 Å². The molecular formula is C6H11N3O2. The fraction of sp³-hybridized carbons (Fsp3) is 0.500. The van der Waals surface area contributed by atoms with Gasteiger partial charge in [-0.2, -0.15) is 0 Å². The lowest BCUT2D eigenvalue weighted by Crippen LogP contribution is -2.12. The molecule has 0 aliphatic heterocycles. The van der Waals surface area contributed by atoms with Gasteiger partial charge in [0.2, 0.25) is 5.88 Å². The molecule has 0 bridgehead atoms. The fourth-order valence-corrected chi connectivity index (χ4v) is 0.886. The van der Waals surface area contributed by atoms with Gasteiger partial charge in [-0.25, -0.2) is 4.79 Å². The van der Waals surface area contributed by atoms with Crippen LogP contribution in [0.15, 0.2) is 4.79 Å². The Hall–Kier alpha value is -1.23. The van der Waals surface area contributed by atoms with Crippen LogP contribution >= 0.6 is 0 Å². The molecule has 5 nitrogen and oxygen atoms in total. The molecule has 1 rings (SSSR count). The third-order valence-corrected chi connectivity index (χ3v) is 1.54. The number of aromatic amines is 1. The Morgan fingerprint density at radius 1 is 1.73 bits per heavy atom. The number of rotatable bonds is 2. The monoisotopic (exact) mass is 157 g/mol. The molecule has 0 aromatic carbocycles. The Morgan fingerprint density at radius 3 is 2.73 bits per heavy atom. The van der Waals surface area contributed by atoms with E-state index in [1.165, 1.54) is 7.05 Å². The van der Waals surface area contributed by atoms with Crippen LogP contribution in [-0.4, -0.2) is 21.2 Å². The molecule has 0 unspecified atom stereocenters. The lowest BCUT2D eigenvalue weighted by Gasteiger charge is -1.94. The van der Waals surface area contributed by atoms with Crippen molar-refractivity contribution >= 4 is 0 Å². The third-order valence-electron chi connectivity index (χ3n) is 1.54. The number of nitrogens with one attached hydrogen (secondary N) is 1. The highest BCUT2D eigenvalue weighted by atomic mass is 16.3. The summed E-state index contributed by atoms with van der Waals surface area (Å²) in [4.78, 5) is 13.3. The van der Waals surface area contributed by atoms with Gasteiger partial charge in [-0.1, -0.05) is 0 Å². The van der Waals surface area contributed by atoms with E-state index in [-0.39, 0.29) is 11.6 Å². The summed E-state index contributed by atoms with van der Waals surface area (Å²) in [7, 11) is 1.49. The average Bonchev–Trinajstić information content (AvgIpc) is 2.19. The van der Waals surface area contributed by atoms with Gasteiger partial charge < -0.3 is 15.8 Å². The third kappa shape index (κ3) is 1.27. The van der Waals surface area contributed by atoms with Crippen molar-refractivity contribution in [2.75, 3.05) is 6.54 Å². The Labute approximate surface area is 63.5 Å². The van der Waals surface area contributed by atoms with Crippen LogP contribution in [0.4, 0.5) is 0 Å². The number of imidazole rings is 1. The zero-order chi connectivity index (χ0) is 8.43. The van der Waals surface area contributed by atoms with Crippen molar-refractivity contribution in [1.29, 1.82) is 0 Å². The van der Waals surface area contributed by atoms with Crippen LogP contribution < -0.4 is 11.4 Å². The highest BCUT2D eigenvalue weighted by Crippen LogP contribution is 2.09. The van der Waals surface area contributed by atoms with E-state index in [2.05, 4.69) is 4.98 Å². The molecule has 5 heteroatoms. The van der Waals surface area contributed by atoms with Crippen molar-refractivity contribution in [3.05, 3.63) is 16.2 Å². The maximum Gasteiger partial charge on any atom is 0.328 e. The van der Waals surface area contributed by atoms with E-state index < -0.39 is 0 Å². The first-order chi connectivity index (χ1) is 5.16. The van der Waals surface area contributed by atoms with E-state index in [0.717, 1.165) is 4.57 Å². The van der Waals surface area contributed by atoms with Gasteiger partial charge in [-0.3, -0.25) is 4.57 Å². The molecule has 1 aromatic heterocycles. The van der Waals surface area contributed by atoms with E-state index >= 15 is 0 Å². The topological polar surface area (TPSA) is 84.0 Å². The molecule has 0 aliphatic carbocycles. The summed E-state index contributed by atoms with van der Waals surface area (Å²) in [6.07, 6.45) is 0.488. The minimum absolute atomic E-state index is 0.0274. The smallest absolute Gasteiger partial charge is 0.328 e. The van der Waals surface area contributed by atoms with Crippen molar-refractivity contribution < 1.29 is 5.11 Å². The number of hydrogen-bond acceptors (Lipinski definition) is 3. The SMILES string of the molecule is Cn1c(O)c(CCN)[nH]c1=O. The van der Waals surface area contributed by atoms with Gasteiger partial charge in [0.25, 0.3) is 0 Å². The molecule has 0 radical (unpaired) electrons. The Balaban J connectivity index is 3.08. The zero-order valence-electron chi connectivity index (χ0n) is 6.29. The Bertz CT molecular complexity index is 299. The van der Waals surface area contributed by atoms with Crippen LogP contribution in [0.5, 0.6) is 5.88 Å². The lowest BCUT2D eigenvalue weighted by molar-refractivity contribution is 0.423. The molecule has 0 saturated heterocycles. The van der Waals surface area contributed by atoms with Crippen molar-refractivity contribution in [2.45, 2.75) is 6.42 Å². The van der Waals surface area contributed by atoms with Crippen LogP contribution in [-0.2, 0) is 13.5 Å². The first kappa shape index (κ1) is 7.87. The van der Waals surface area contributed by atoms with Gasteiger partial charge >= 0.3 is 5.69 Å². The van der Waals surface area contributed by atoms with Gasteiger partial charge in [0, 0.05) is 13.5 Å². The predicted octanol–water partition coefficient (Wildman–Crippen LogP) is -1.08. The number of aromatic hydroxyl groups is 1. The quantitative estimate of drug-likeness (QED) is 0.510. The van der Waals surface area contributed by atoms with Crippen molar-refractivity contribution in [3.63, 3.8) is 0 Å². The molecule has 0 atom stereocenters. The maximum absolute atomic E-state index is 10.8. The summed E-state index contributed by atoms with van der Waals surface area (Å²) >= 11 is 0. The maximum atomic E-state index is 10.8. The molecule has 0 spiro atoms. The molecule has 0 aliphatic rings. The van der Waals surface area contributed by atoms with Gasteiger partial charge in [0.05, 0.1) is 5.69 Å². The summed E-state index contributed by atoms with van der Waals surface area (Å²) < 4.78 is 1.14. The standard InChI is InChI=1S/C6H11N3O2/c1-9-5(10)4(2-3-7)8-6(9)11/h10H,2-3,7H2,1H3,(H,8,11). The summed E-state index contributed by atoms with van der Waals surface area (Å²) in [5, 5.41) is 9.23. The molecule has 1 heterocycles. The first-order valence-electron chi connectivity index (χ1n) is 3.33. The summed E-state index contributed by atoms with van der Waals surface area (Å²) in [5.74, 6) is -0.0274. The number of nitrogens with two attached hydrogens (primary N) is 1. The molecule has 0 saturated carbocycles. The average molecular weight is 157 g/mol. The van der Waals surface area contributed by atoms with E-state index in [0.29, 0.717) is 18.7 Å². The predicted molar refractivity (Wildman–Crippen MR) is 40.5 cm³/mol. The van der Waals surface area contributed by atoms with Gasteiger partial charge in [0.1, 0.15) is 0 Å². The van der Waals surface area contributed by atoms with Crippen molar-refractivity contribution in [1.82, 2.24) is 9.55 Å². The minimum Gasteiger partial charge on any atom is -0.493 e. The first-order valence-corrected chi connectivity index (χ1v) is 3.33. The highest BCUT2D eigenvalue weighted by Gasteiger charge is 2.07. The number of H-pyrrole nitrogens is 1. The van der Waals surface area contributed by atoms with Crippen molar-refractivity contribution in [2.24, 2.45) is 12.8 Å². The molecule has 62 valence electrons. The molecule has 11 heavy (non-hydrogen) atoms. The molecule has 0 amide bonds. The minimum atomic E-state index is -0.314. The van der Waals surface area contributed by atoms with E-state index in [4.69, 9.17) is 5.73 Å². The molecule has 1 aromatic rings. The van der Waals surface area contributed by atoms with Crippen LogP contribution in [0, 0.1) is 0 Å². The second-order valence-electron chi connectivity index (χ2n) is 2.33. The number of hydrogen-bond donors (Lipinski definition) is 3. The van der Waals surface area contributed by atoms with Gasteiger partial charge in [-0.05, 0) is 6.54 Å². The Kier molecular flexibility index (Phi) is 2.00. The van der Waals surface area contributed by atoms with E-state index in [9.17, 15) is 9.90 Å². The second-order valence-corrected chi connectivity index (χ2v) is 2.33. The normalized spacial score (nSPS) is 10.4. The molecular weight excluding hydrogens is 146 g/mol. The number of nitrogens with zero attached hydrogens (tertiary/aromatic N) is 1. The molecule has 4 N–H and O–H groups in total. The van der Waals surface area contributed by atoms with E-state index in [1.807, 2.05) is 0 Å². The van der Waals surface area contributed by atoms with Gasteiger partial charge in [0.15, 0.2) is 0 Å². The van der Waals surface area contributed by atoms with Crippen LogP contribution in [0.25, 0.3) is 0 Å². The number of aromatic nitrogens is 2. The zero-order valence-corrected chi connectivity index (χ0v) is 6.29. The van der Waals surface area contributed by atoms with Crippen molar-refractivity contribution in [3.8, 4) is 5.88 Å². The highest BCUT2D eigenvalue weighted by molar-refractivity contribution is 5.18. The van der Waals surface area contributed by atoms with Crippen LogP contribution in [0.3, 0.4) is 0 Å². The van der Waals surface area contributed by atoms with Crippen LogP contribution in [0.2, 0.25) is 0 Å². The second kappa shape index (κ2) is 2.79. The lowest BCUT2D eigenvalue weighted by atomic mass is 10.3. The Morgan fingerprint density at radius 2 is 2.36 bits per heavy atom. The van der Waals surface area contributed by atoms with Crippen LogP contribution in [0.1, 0.15) is 5.69 Å². The summed E-state index contributed by atoms with van der Waals surface area (Å²) in [5.41, 5.74) is 5.43.